The van der Waals surface area contributed by atoms with E-state index in [1.54, 1.807) is 18.2 Å². The summed E-state index contributed by atoms with van der Waals surface area (Å²) in [5.74, 6) is -5.78. The summed E-state index contributed by atoms with van der Waals surface area (Å²) in [6.45, 7) is -0.715. The van der Waals surface area contributed by atoms with Crippen LogP contribution in [0.25, 0.3) is 0 Å². The third kappa shape index (κ3) is 11.9. The van der Waals surface area contributed by atoms with Crippen LogP contribution in [0.2, 0.25) is 0 Å². The summed E-state index contributed by atoms with van der Waals surface area (Å²) in [4.78, 5) is 117. The van der Waals surface area contributed by atoms with Crippen molar-refractivity contribution >= 4 is 59.0 Å². The Morgan fingerprint density at radius 2 is 1.56 bits per heavy atom. The summed E-state index contributed by atoms with van der Waals surface area (Å²) in [5.41, 5.74) is -0.0562. The predicted molar refractivity (Wildman–Crippen MR) is 244 cm³/mol. The Morgan fingerprint density at radius 1 is 0.873 bits per heavy atom. The maximum absolute atomic E-state index is 13.8. The SMILES string of the molecule is C[C@H](N(Cc1ccc(F)cc1)C(=O)CN1C(=O)O[C@@]2(CCc3cc(NC(=O)CCCCCCCCCCCNC(=O)COc4cccc5c4C(=O)N(C4CCC(=O)NC4=O)C5=O)ccc32)C1=O)C(F)(F)F. The number of piperidine rings is 1. The molecular weight excluding hydrogens is 937 g/mol. The highest BCUT2D eigenvalue weighted by molar-refractivity contribution is 6.24. The predicted octanol–water partition coefficient (Wildman–Crippen LogP) is 6.36. The van der Waals surface area contributed by atoms with Gasteiger partial charge in [-0.3, -0.25) is 48.6 Å². The molecule has 1 unspecified atom stereocenters. The van der Waals surface area contributed by atoms with Gasteiger partial charge in [0.25, 0.3) is 23.6 Å². The first-order valence-electron chi connectivity index (χ1n) is 23.7. The van der Waals surface area contributed by atoms with Gasteiger partial charge in [0.15, 0.2) is 6.61 Å². The number of nitrogens with zero attached hydrogens (tertiary/aromatic N) is 3. The normalized spacial score (nSPS) is 18.9. The van der Waals surface area contributed by atoms with Crippen molar-refractivity contribution in [1.29, 1.82) is 0 Å². The number of hydrogen-bond donors (Lipinski definition) is 3. The largest absolute Gasteiger partial charge is 0.483 e. The number of unbranched alkanes of at least 4 members (excludes halogenated alkanes) is 8. The molecule has 0 aromatic heterocycles. The number of carbonyl (C=O) groups is 9. The highest BCUT2D eigenvalue weighted by Gasteiger charge is 2.59. The van der Waals surface area contributed by atoms with E-state index in [4.69, 9.17) is 9.47 Å². The molecule has 3 aromatic carbocycles. The molecule has 17 nitrogen and oxygen atoms in total. The third-order valence-corrected chi connectivity index (χ3v) is 13.2. The Bertz CT molecular complexity index is 2590. The zero-order chi connectivity index (χ0) is 51.0. The van der Waals surface area contributed by atoms with Gasteiger partial charge < -0.3 is 25.0 Å². The van der Waals surface area contributed by atoms with Gasteiger partial charge in [-0.05, 0) is 80.1 Å². The molecule has 0 radical (unpaired) electrons. The molecule has 71 heavy (non-hydrogen) atoms. The zero-order valence-corrected chi connectivity index (χ0v) is 39.0. The number of rotatable bonds is 22. The topological polar surface area (TPSA) is 218 Å². The minimum atomic E-state index is -4.83. The van der Waals surface area contributed by atoms with E-state index in [1.165, 1.54) is 30.3 Å². The van der Waals surface area contributed by atoms with E-state index < -0.39 is 90.2 Å². The highest BCUT2D eigenvalue weighted by atomic mass is 19.4. The Morgan fingerprint density at radius 3 is 2.25 bits per heavy atom. The van der Waals surface area contributed by atoms with E-state index in [0.29, 0.717) is 46.0 Å². The van der Waals surface area contributed by atoms with Crippen LogP contribution in [0.5, 0.6) is 5.75 Å². The number of ether oxygens (including phenoxy) is 2. The van der Waals surface area contributed by atoms with E-state index >= 15 is 0 Å². The Balaban J connectivity index is 0.753. The molecule has 3 atom stereocenters. The fourth-order valence-electron chi connectivity index (χ4n) is 9.26. The summed E-state index contributed by atoms with van der Waals surface area (Å²) < 4.78 is 66.1. The molecule has 3 heterocycles. The quantitative estimate of drug-likeness (QED) is 0.0572. The molecule has 3 aliphatic heterocycles. The third-order valence-electron chi connectivity index (χ3n) is 13.2. The van der Waals surface area contributed by atoms with Crippen LogP contribution in [0, 0.1) is 5.82 Å². The lowest BCUT2D eigenvalue weighted by atomic mass is 9.94. The summed E-state index contributed by atoms with van der Waals surface area (Å²) in [6, 6.07) is 10.4. The summed E-state index contributed by atoms with van der Waals surface area (Å²) in [5, 5.41) is 7.81. The van der Waals surface area contributed by atoms with E-state index in [2.05, 4.69) is 16.0 Å². The molecule has 21 heteroatoms. The van der Waals surface area contributed by atoms with Crippen molar-refractivity contribution in [2.45, 2.75) is 127 Å². The Kier molecular flexibility index (Phi) is 16.2. The number of anilines is 1. The van der Waals surface area contributed by atoms with E-state index in [9.17, 15) is 60.7 Å². The molecule has 3 N–H and O–H groups in total. The van der Waals surface area contributed by atoms with Gasteiger partial charge in [-0.15, -0.1) is 0 Å². The Labute approximate surface area is 405 Å². The van der Waals surface area contributed by atoms with E-state index in [-0.39, 0.29) is 60.6 Å². The zero-order valence-electron chi connectivity index (χ0n) is 39.0. The van der Waals surface area contributed by atoms with Gasteiger partial charge in [-0.25, -0.2) is 14.1 Å². The van der Waals surface area contributed by atoms with Crippen molar-refractivity contribution < 1.29 is 70.2 Å². The number of halogens is 4. The van der Waals surface area contributed by atoms with Crippen LogP contribution in [-0.4, -0.2) is 106 Å². The van der Waals surface area contributed by atoms with Gasteiger partial charge in [-0.2, -0.15) is 13.2 Å². The van der Waals surface area contributed by atoms with Gasteiger partial charge in [-0.1, -0.05) is 69.2 Å². The summed E-state index contributed by atoms with van der Waals surface area (Å²) in [7, 11) is 0. The average molecular weight is 991 g/mol. The molecule has 2 saturated heterocycles. The fourth-order valence-corrected chi connectivity index (χ4v) is 9.26. The minimum Gasteiger partial charge on any atom is -0.483 e. The lowest BCUT2D eigenvalue weighted by Gasteiger charge is -2.31. The van der Waals surface area contributed by atoms with Crippen molar-refractivity contribution in [1.82, 2.24) is 25.3 Å². The molecule has 1 aliphatic carbocycles. The molecular formula is C50H54F4N6O11. The number of imide groups is 3. The first-order chi connectivity index (χ1) is 33.9. The number of aryl methyl sites for hydroxylation is 1. The van der Waals surface area contributed by atoms with Gasteiger partial charge in [0.05, 0.1) is 11.1 Å². The van der Waals surface area contributed by atoms with Crippen LogP contribution in [0.15, 0.2) is 60.7 Å². The van der Waals surface area contributed by atoms with Crippen molar-refractivity contribution in [2.75, 3.05) is 25.0 Å². The molecule has 0 saturated carbocycles. The van der Waals surface area contributed by atoms with Gasteiger partial charge in [0.2, 0.25) is 29.2 Å². The molecule has 1 spiro atoms. The Hall–Kier alpha value is -7.19. The van der Waals surface area contributed by atoms with E-state index in [1.807, 2.05) is 0 Å². The van der Waals surface area contributed by atoms with Crippen molar-refractivity contribution in [3.63, 3.8) is 0 Å². The average Bonchev–Trinajstić information content (AvgIpc) is 3.90. The number of fused-ring (bicyclic) bond motifs is 3. The number of amides is 9. The number of benzene rings is 3. The van der Waals surface area contributed by atoms with Crippen molar-refractivity contribution in [3.8, 4) is 5.75 Å². The van der Waals surface area contributed by atoms with Gasteiger partial charge in [0, 0.05) is 43.6 Å². The minimum absolute atomic E-state index is 0.00479. The van der Waals surface area contributed by atoms with E-state index in [0.717, 1.165) is 75.3 Å². The first-order valence-corrected chi connectivity index (χ1v) is 23.7. The monoisotopic (exact) mass is 990 g/mol. The lowest BCUT2D eigenvalue weighted by Crippen LogP contribution is -2.54. The molecule has 3 aromatic rings. The van der Waals surface area contributed by atoms with Crippen LogP contribution in [0.4, 0.5) is 28.0 Å². The van der Waals surface area contributed by atoms with Crippen molar-refractivity contribution in [2.24, 2.45) is 0 Å². The second-order valence-corrected chi connectivity index (χ2v) is 18.1. The number of hydrogen-bond acceptors (Lipinski definition) is 11. The molecule has 378 valence electrons. The molecule has 7 rings (SSSR count). The van der Waals surface area contributed by atoms with Crippen molar-refractivity contribution in [3.05, 3.63) is 94.3 Å². The van der Waals surface area contributed by atoms with Gasteiger partial charge >= 0.3 is 12.3 Å². The summed E-state index contributed by atoms with van der Waals surface area (Å²) in [6.07, 6.45) is 2.78. The molecule has 2 fully saturated rings. The molecule has 0 bridgehead atoms. The smallest absolute Gasteiger partial charge is 0.418 e. The second kappa shape index (κ2) is 22.3. The standard InChI is InChI=1S/C50H54F4N6O11/c1-30(50(52,53)54)58(27-31-15-17-33(51)18-16-31)42(64)28-59-47(68)49(71-48(59)69)24-23-32-26-34(19-20-36(32)49)56-39(61)14-9-7-5-3-2-4-6-8-10-25-55-41(63)29-70-38-13-11-12-35-43(38)46(67)60(45(35)66)37-21-22-40(62)57-44(37)65/h11-13,15-20,26,30,37H,2-10,14,21-25,27-29H2,1H3,(H,55,63)(H,56,61)(H,57,62,65)/t30-,37?,49+/m0/s1. The van der Waals surface area contributed by atoms with Crippen LogP contribution < -0.4 is 20.7 Å². The maximum Gasteiger partial charge on any atom is 0.418 e. The number of carbonyl (C=O) groups excluding carboxylic acids is 9. The molecule has 4 aliphatic rings. The number of nitrogens with one attached hydrogen (secondary N) is 3. The highest BCUT2D eigenvalue weighted by Crippen LogP contribution is 2.46. The lowest BCUT2D eigenvalue weighted by molar-refractivity contribution is -0.187. The maximum atomic E-state index is 13.8. The first kappa shape index (κ1) is 51.7. The van der Waals surface area contributed by atoms with Crippen LogP contribution in [0.1, 0.15) is 128 Å². The van der Waals surface area contributed by atoms with Crippen LogP contribution in [-0.2, 0) is 52.1 Å². The van der Waals surface area contributed by atoms with Crippen LogP contribution >= 0.6 is 0 Å². The molecule has 9 amide bonds. The van der Waals surface area contributed by atoms with Crippen LogP contribution in [0.3, 0.4) is 0 Å². The fraction of sp³-hybridized carbons (Fsp3) is 0.460. The second-order valence-electron chi connectivity index (χ2n) is 18.1. The number of alkyl halides is 3. The van der Waals surface area contributed by atoms with Gasteiger partial charge in [0.1, 0.15) is 30.2 Å². The summed E-state index contributed by atoms with van der Waals surface area (Å²) >= 11 is 0.